The maximum atomic E-state index is 10.6. The van der Waals surface area contributed by atoms with E-state index in [-0.39, 0.29) is 5.92 Å². The van der Waals surface area contributed by atoms with Crippen molar-refractivity contribution in [1.82, 2.24) is 4.98 Å². The van der Waals surface area contributed by atoms with E-state index < -0.39 is 5.97 Å². The van der Waals surface area contributed by atoms with Gasteiger partial charge in [-0.1, -0.05) is 6.92 Å². The summed E-state index contributed by atoms with van der Waals surface area (Å²) < 4.78 is 0. The standard InChI is InChI=1S/C11H11NO2/c1-7-4-8-6-12-3-2-9(8)10(7)5-11(13)14/h2-3,5-7H,4H2,1H3,(H,13,14)/b10-5+. The van der Waals surface area contributed by atoms with Crippen molar-refractivity contribution in [3.63, 3.8) is 0 Å². The fourth-order valence-corrected chi connectivity index (χ4v) is 1.93. The van der Waals surface area contributed by atoms with E-state index in [2.05, 4.69) is 4.98 Å². The molecule has 0 aliphatic heterocycles. The highest BCUT2D eigenvalue weighted by molar-refractivity contribution is 5.92. The number of hydrogen-bond acceptors (Lipinski definition) is 2. The van der Waals surface area contributed by atoms with Gasteiger partial charge in [0.15, 0.2) is 0 Å². The molecule has 0 spiro atoms. The van der Waals surface area contributed by atoms with Gasteiger partial charge < -0.3 is 5.11 Å². The SMILES string of the molecule is CC1Cc2cnccc2/C1=C/C(=O)O. The van der Waals surface area contributed by atoms with Gasteiger partial charge in [0.05, 0.1) is 0 Å². The third-order valence-electron chi connectivity index (χ3n) is 2.55. The van der Waals surface area contributed by atoms with Crippen molar-refractivity contribution in [2.45, 2.75) is 13.3 Å². The topological polar surface area (TPSA) is 50.2 Å². The van der Waals surface area contributed by atoms with Crippen molar-refractivity contribution in [1.29, 1.82) is 0 Å². The van der Waals surface area contributed by atoms with Gasteiger partial charge in [0.25, 0.3) is 0 Å². The molecular weight excluding hydrogens is 178 g/mol. The van der Waals surface area contributed by atoms with Crippen LogP contribution in [0.15, 0.2) is 24.5 Å². The smallest absolute Gasteiger partial charge is 0.328 e. The number of pyridine rings is 1. The minimum Gasteiger partial charge on any atom is -0.478 e. The number of nitrogens with zero attached hydrogens (tertiary/aromatic N) is 1. The van der Waals surface area contributed by atoms with Crippen molar-refractivity contribution >= 4 is 11.5 Å². The van der Waals surface area contributed by atoms with E-state index in [1.807, 2.05) is 19.2 Å². The van der Waals surface area contributed by atoms with E-state index in [0.717, 1.165) is 23.1 Å². The zero-order chi connectivity index (χ0) is 10.1. The largest absolute Gasteiger partial charge is 0.478 e. The highest BCUT2D eigenvalue weighted by Gasteiger charge is 2.23. The lowest BCUT2D eigenvalue weighted by Crippen LogP contribution is -1.95. The van der Waals surface area contributed by atoms with Crippen molar-refractivity contribution < 1.29 is 9.90 Å². The molecule has 3 heteroatoms. The molecule has 2 rings (SSSR count). The molecule has 3 nitrogen and oxygen atoms in total. The number of rotatable bonds is 1. The third kappa shape index (κ3) is 1.41. The number of aliphatic carboxylic acids is 1. The summed E-state index contributed by atoms with van der Waals surface area (Å²) in [5.74, 6) is -0.596. The van der Waals surface area contributed by atoms with Crippen LogP contribution in [0, 0.1) is 5.92 Å². The van der Waals surface area contributed by atoms with E-state index in [1.54, 1.807) is 6.20 Å². The summed E-state index contributed by atoms with van der Waals surface area (Å²) in [4.78, 5) is 14.6. The highest BCUT2D eigenvalue weighted by Crippen LogP contribution is 2.35. The normalized spacial score (nSPS) is 22.4. The summed E-state index contributed by atoms with van der Waals surface area (Å²) in [5, 5.41) is 8.73. The van der Waals surface area contributed by atoms with Crippen molar-refractivity contribution in [2.24, 2.45) is 5.92 Å². The van der Waals surface area contributed by atoms with E-state index in [0.29, 0.717) is 0 Å². The minimum atomic E-state index is -0.878. The van der Waals surface area contributed by atoms with Crippen molar-refractivity contribution in [3.05, 3.63) is 35.7 Å². The molecule has 0 bridgehead atoms. The Morgan fingerprint density at radius 1 is 1.71 bits per heavy atom. The highest BCUT2D eigenvalue weighted by atomic mass is 16.4. The molecule has 1 heterocycles. The molecule has 1 aliphatic rings. The Kier molecular flexibility index (Phi) is 2.08. The van der Waals surface area contributed by atoms with Gasteiger partial charge in [-0.15, -0.1) is 0 Å². The molecule has 1 N–H and O–H groups in total. The molecule has 72 valence electrons. The molecule has 0 amide bonds. The first-order chi connectivity index (χ1) is 6.68. The van der Waals surface area contributed by atoms with Crippen LogP contribution in [-0.2, 0) is 11.2 Å². The number of carboxylic acid groups (broad SMARTS) is 1. The third-order valence-corrected chi connectivity index (χ3v) is 2.55. The van der Waals surface area contributed by atoms with Gasteiger partial charge in [0.2, 0.25) is 0 Å². The Hall–Kier alpha value is -1.64. The van der Waals surface area contributed by atoms with Crippen molar-refractivity contribution in [2.75, 3.05) is 0 Å². The molecule has 1 aliphatic carbocycles. The molecule has 0 saturated carbocycles. The van der Waals surface area contributed by atoms with Crippen LogP contribution >= 0.6 is 0 Å². The van der Waals surface area contributed by atoms with E-state index in [1.165, 1.54) is 6.08 Å². The Morgan fingerprint density at radius 2 is 2.50 bits per heavy atom. The average molecular weight is 189 g/mol. The number of aromatic nitrogens is 1. The second kappa shape index (κ2) is 3.25. The molecule has 14 heavy (non-hydrogen) atoms. The Balaban J connectivity index is 2.50. The second-order valence-corrected chi connectivity index (χ2v) is 3.58. The van der Waals surface area contributed by atoms with Crippen molar-refractivity contribution in [3.8, 4) is 0 Å². The lowest BCUT2D eigenvalue weighted by atomic mass is 10.0. The summed E-state index contributed by atoms with van der Waals surface area (Å²) in [7, 11) is 0. The lowest BCUT2D eigenvalue weighted by molar-refractivity contribution is -0.131. The minimum absolute atomic E-state index is 0.283. The monoisotopic (exact) mass is 189 g/mol. The maximum Gasteiger partial charge on any atom is 0.328 e. The second-order valence-electron chi connectivity index (χ2n) is 3.58. The van der Waals surface area contributed by atoms with Crippen LogP contribution in [0.4, 0.5) is 0 Å². The van der Waals surface area contributed by atoms with Crippen LogP contribution in [0.3, 0.4) is 0 Å². The van der Waals surface area contributed by atoms with Gasteiger partial charge in [0.1, 0.15) is 0 Å². The van der Waals surface area contributed by atoms with E-state index in [4.69, 9.17) is 5.11 Å². The first kappa shape index (κ1) is 8.94. The zero-order valence-corrected chi connectivity index (χ0v) is 7.90. The van der Waals surface area contributed by atoms with Crippen LogP contribution in [0.25, 0.3) is 5.57 Å². The summed E-state index contributed by atoms with van der Waals surface area (Å²) in [5.41, 5.74) is 3.09. The summed E-state index contributed by atoms with van der Waals surface area (Å²) >= 11 is 0. The molecule has 1 aromatic heterocycles. The number of hydrogen-bond donors (Lipinski definition) is 1. The molecular formula is C11H11NO2. The van der Waals surface area contributed by atoms with Crippen LogP contribution in [0.2, 0.25) is 0 Å². The number of carboxylic acids is 1. The van der Waals surface area contributed by atoms with Crippen LogP contribution in [-0.4, -0.2) is 16.1 Å². The molecule has 0 saturated heterocycles. The van der Waals surface area contributed by atoms with E-state index in [9.17, 15) is 4.79 Å². The summed E-state index contributed by atoms with van der Waals surface area (Å²) in [6.07, 6.45) is 5.71. The van der Waals surface area contributed by atoms with Gasteiger partial charge in [-0.2, -0.15) is 0 Å². The lowest BCUT2D eigenvalue weighted by Gasteiger charge is -2.03. The fraction of sp³-hybridized carbons (Fsp3) is 0.273. The fourth-order valence-electron chi connectivity index (χ4n) is 1.93. The van der Waals surface area contributed by atoms with Gasteiger partial charge >= 0.3 is 5.97 Å². The molecule has 1 aromatic rings. The summed E-state index contributed by atoms with van der Waals surface area (Å²) in [6.45, 7) is 2.04. The maximum absolute atomic E-state index is 10.6. The first-order valence-corrected chi connectivity index (χ1v) is 4.56. The average Bonchev–Trinajstić information content (AvgIpc) is 2.43. The van der Waals surface area contributed by atoms with Gasteiger partial charge in [-0.25, -0.2) is 4.79 Å². The Bertz CT molecular complexity index is 410. The summed E-state index contributed by atoms with van der Waals surface area (Å²) in [6, 6.07) is 1.88. The van der Waals surface area contributed by atoms with Crippen LogP contribution in [0.5, 0.6) is 0 Å². The zero-order valence-electron chi connectivity index (χ0n) is 7.90. The molecule has 0 radical (unpaired) electrons. The quantitative estimate of drug-likeness (QED) is 0.684. The van der Waals surface area contributed by atoms with Gasteiger partial charge in [0, 0.05) is 18.5 Å². The molecule has 1 unspecified atom stereocenters. The Morgan fingerprint density at radius 3 is 3.21 bits per heavy atom. The predicted octanol–water partition coefficient (Wildman–Crippen LogP) is 1.74. The number of allylic oxidation sites excluding steroid dienone is 1. The van der Waals surface area contributed by atoms with Crippen LogP contribution < -0.4 is 0 Å². The molecule has 0 aromatic carbocycles. The van der Waals surface area contributed by atoms with Crippen LogP contribution in [0.1, 0.15) is 18.1 Å². The predicted molar refractivity (Wildman–Crippen MR) is 52.7 cm³/mol. The first-order valence-electron chi connectivity index (χ1n) is 4.56. The molecule has 1 atom stereocenters. The number of carbonyl (C=O) groups is 1. The van der Waals surface area contributed by atoms with Gasteiger partial charge in [-0.05, 0) is 35.1 Å². The van der Waals surface area contributed by atoms with Gasteiger partial charge in [-0.3, -0.25) is 4.98 Å². The Labute approximate surface area is 82.1 Å². The molecule has 0 fully saturated rings. The number of fused-ring (bicyclic) bond motifs is 1. The van der Waals surface area contributed by atoms with E-state index >= 15 is 0 Å².